The number of amides is 2. The number of carbonyl (C=O) groups excluding carboxylic acids is 2. The van der Waals surface area contributed by atoms with Crippen LogP contribution in [0.25, 0.3) is 32.2 Å². The fourth-order valence-corrected chi connectivity index (χ4v) is 7.51. The summed E-state index contributed by atoms with van der Waals surface area (Å²) in [6, 6.07) is 10.2. The third kappa shape index (κ3) is 4.51. The van der Waals surface area contributed by atoms with Crippen molar-refractivity contribution in [3.63, 3.8) is 0 Å². The Morgan fingerprint density at radius 1 is 1.27 bits per heavy atom. The molecule has 45 heavy (non-hydrogen) atoms. The number of hydrogen-bond acceptors (Lipinski definition) is 7. The minimum atomic E-state index is -1.57. The molecule has 2 aliphatic carbocycles. The van der Waals surface area contributed by atoms with E-state index in [1.807, 2.05) is 10.9 Å². The van der Waals surface area contributed by atoms with Gasteiger partial charge < -0.3 is 20.9 Å². The molecule has 3 aliphatic rings. The van der Waals surface area contributed by atoms with Crippen LogP contribution < -0.4 is 15.8 Å². The van der Waals surface area contributed by atoms with Crippen molar-refractivity contribution in [2.24, 2.45) is 11.7 Å². The molecule has 9 nitrogen and oxygen atoms in total. The van der Waals surface area contributed by atoms with Crippen molar-refractivity contribution in [3.8, 4) is 17.0 Å². The third-order valence-electron chi connectivity index (χ3n) is 9.40. The Labute approximate surface area is 266 Å². The van der Waals surface area contributed by atoms with Crippen molar-refractivity contribution in [1.82, 2.24) is 20.1 Å². The molecule has 4 N–H and O–H groups in total. The third-order valence-corrected chi connectivity index (χ3v) is 10.7. The van der Waals surface area contributed by atoms with Crippen molar-refractivity contribution >= 4 is 55.7 Å². The summed E-state index contributed by atoms with van der Waals surface area (Å²) in [5.41, 5.74) is 5.92. The molecule has 2 saturated carbocycles. The van der Waals surface area contributed by atoms with E-state index in [1.165, 1.54) is 17.4 Å². The van der Waals surface area contributed by atoms with E-state index < -0.39 is 22.8 Å². The molecule has 2 aromatic carbocycles. The van der Waals surface area contributed by atoms with Crippen molar-refractivity contribution in [3.05, 3.63) is 75.6 Å². The van der Waals surface area contributed by atoms with Crippen molar-refractivity contribution in [2.75, 3.05) is 13.2 Å². The van der Waals surface area contributed by atoms with Gasteiger partial charge in [-0.2, -0.15) is 5.10 Å². The average Bonchev–Trinajstić information content (AvgIpc) is 3.94. The minimum absolute atomic E-state index is 0.00535. The largest absolute Gasteiger partial charge is 0.489 e. The fourth-order valence-electron chi connectivity index (χ4n) is 6.29. The Balaban J connectivity index is 1.19. The maximum atomic E-state index is 14.7. The Kier molecular flexibility index (Phi) is 6.30. The van der Waals surface area contributed by atoms with Crippen molar-refractivity contribution in [1.29, 1.82) is 0 Å². The number of halogens is 2. The number of aliphatic hydroxyl groups is 1. The zero-order valence-corrected chi connectivity index (χ0v) is 25.8. The molecule has 0 saturated heterocycles. The number of ether oxygens (including phenoxy) is 1. The number of hydrogen-bond donors (Lipinski definition) is 3. The smallest absolute Gasteiger partial charge is 0.251 e. The number of fused-ring (bicyclic) bond motifs is 3. The number of benzene rings is 2. The molecule has 1 aliphatic heterocycles. The molecule has 0 radical (unpaired) electrons. The molecule has 8 rings (SSSR count). The van der Waals surface area contributed by atoms with Gasteiger partial charge in [0.05, 0.1) is 28.0 Å². The number of pyridine rings is 1. The number of nitrogens with two attached hydrogens (primary N) is 1. The van der Waals surface area contributed by atoms with Gasteiger partial charge >= 0.3 is 0 Å². The SMILES string of the molecule is C[C@]1(C(N)=O)COc2c1cc(C(O)(CNC(=O)c1cc(Cl)c3nn(C4CC4)cc3c1)C1CC1)nc2-c1csc2c(F)cccc12. The lowest BCUT2D eigenvalue weighted by Crippen LogP contribution is -2.44. The molecule has 12 heteroatoms. The summed E-state index contributed by atoms with van der Waals surface area (Å²) in [6.07, 6.45) is 5.51. The van der Waals surface area contributed by atoms with Gasteiger partial charge in [-0.05, 0) is 62.8 Å². The molecule has 5 aromatic rings. The summed E-state index contributed by atoms with van der Waals surface area (Å²) in [6.45, 7) is 1.57. The lowest BCUT2D eigenvalue weighted by Gasteiger charge is -2.30. The highest BCUT2D eigenvalue weighted by molar-refractivity contribution is 7.17. The van der Waals surface area contributed by atoms with Gasteiger partial charge in [0.1, 0.15) is 40.4 Å². The first-order chi connectivity index (χ1) is 21.6. The quantitative estimate of drug-likeness (QED) is 0.201. The molecular weight excluding hydrogens is 617 g/mol. The van der Waals surface area contributed by atoms with E-state index in [0.29, 0.717) is 54.8 Å². The number of rotatable bonds is 8. The molecule has 2 amide bonds. The number of primary amides is 1. The maximum absolute atomic E-state index is 14.7. The normalized spacial score (nSPS) is 20.6. The summed E-state index contributed by atoms with van der Waals surface area (Å²) >= 11 is 7.77. The first kappa shape index (κ1) is 28.4. The Bertz CT molecular complexity index is 2070. The van der Waals surface area contributed by atoms with Gasteiger partial charge in [0.2, 0.25) is 5.91 Å². The van der Waals surface area contributed by atoms with Crippen LogP contribution in [0, 0.1) is 11.7 Å². The highest BCUT2D eigenvalue weighted by atomic mass is 35.5. The molecular formula is C33H29ClFN5O4S. The summed E-state index contributed by atoms with van der Waals surface area (Å²) < 4.78 is 23.1. The second-order valence-corrected chi connectivity index (χ2v) is 13.9. The number of aromatic nitrogens is 3. The summed E-state index contributed by atoms with van der Waals surface area (Å²) in [4.78, 5) is 31.1. The summed E-state index contributed by atoms with van der Waals surface area (Å²) in [7, 11) is 0. The van der Waals surface area contributed by atoms with Crippen LogP contribution in [0.3, 0.4) is 0 Å². The second-order valence-electron chi connectivity index (χ2n) is 12.6. The van der Waals surface area contributed by atoms with Gasteiger partial charge in [-0.25, -0.2) is 9.37 Å². The number of nitrogens with zero attached hydrogens (tertiary/aromatic N) is 3. The van der Waals surface area contributed by atoms with E-state index in [-0.39, 0.29) is 30.6 Å². The molecule has 0 spiro atoms. The van der Waals surface area contributed by atoms with Crippen molar-refractivity contribution < 1.29 is 23.8 Å². The van der Waals surface area contributed by atoms with E-state index in [1.54, 1.807) is 42.6 Å². The van der Waals surface area contributed by atoms with Gasteiger partial charge in [-0.1, -0.05) is 23.7 Å². The molecule has 2 fully saturated rings. The summed E-state index contributed by atoms with van der Waals surface area (Å²) in [5, 5.41) is 23.4. The van der Waals surface area contributed by atoms with Crippen LogP contribution >= 0.6 is 22.9 Å². The van der Waals surface area contributed by atoms with E-state index in [4.69, 9.17) is 27.1 Å². The Morgan fingerprint density at radius 2 is 2.07 bits per heavy atom. The molecule has 2 atom stereocenters. The molecule has 0 bridgehead atoms. The number of nitrogens with one attached hydrogen (secondary N) is 1. The average molecular weight is 646 g/mol. The van der Waals surface area contributed by atoms with Crippen LogP contribution in [0.1, 0.15) is 60.3 Å². The predicted molar refractivity (Wildman–Crippen MR) is 169 cm³/mol. The molecule has 4 heterocycles. The molecule has 230 valence electrons. The van der Waals surface area contributed by atoms with Crippen LogP contribution in [0.5, 0.6) is 5.75 Å². The van der Waals surface area contributed by atoms with Gasteiger partial charge in [0, 0.05) is 39.0 Å². The Morgan fingerprint density at radius 3 is 2.80 bits per heavy atom. The van der Waals surface area contributed by atoms with E-state index in [9.17, 15) is 19.1 Å². The van der Waals surface area contributed by atoms with Gasteiger partial charge in [-0.15, -0.1) is 11.3 Å². The standard InChI is InChI=1S/C33H29ClFN5O4S/c1-32(31(36)42)15-44-28-22(32)11-25(38-27(28)21-13-45-29-20(21)3-2-4-24(29)35)33(43,18-5-6-18)14-37-30(41)16-9-17-12-40(19-7-8-19)39-26(17)23(34)10-16/h2-4,9-13,18-19,43H,5-8,14-15H2,1H3,(H2,36,42)(H,37,41)/t32-,33?/m0/s1. The highest BCUT2D eigenvalue weighted by Crippen LogP contribution is 2.51. The zero-order chi connectivity index (χ0) is 31.2. The van der Waals surface area contributed by atoms with Gasteiger partial charge in [-0.3, -0.25) is 14.3 Å². The van der Waals surface area contributed by atoms with Crippen LogP contribution in [-0.4, -0.2) is 44.8 Å². The first-order valence-corrected chi connectivity index (χ1v) is 16.2. The van der Waals surface area contributed by atoms with Crippen molar-refractivity contribution in [2.45, 2.75) is 49.7 Å². The lowest BCUT2D eigenvalue weighted by molar-refractivity contribution is -0.123. The van der Waals surface area contributed by atoms with E-state index >= 15 is 0 Å². The van der Waals surface area contributed by atoms with Gasteiger partial charge in [0.25, 0.3) is 5.91 Å². The number of thiophene rings is 1. The first-order valence-electron chi connectivity index (χ1n) is 14.9. The topological polar surface area (TPSA) is 132 Å². The second kappa shape index (κ2) is 9.97. The minimum Gasteiger partial charge on any atom is -0.489 e. The zero-order valence-electron chi connectivity index (χ0n) is 24.3. The fraction of sp³-hybridized carbons (Fsp3) is 0.333. The monoisotopic (exact) mass is 645 g/mol. The van der Waals surface area contributed by atoms with Crippen LogP contribution in [0.15, 0.2) is 48.0 Å². The van der Waals surface area contributed by atoms with E-state index in [0.717, 1.165) is 31.1 Å². The molecule has 3 aromatic heterocycles. The summed E-state index contributed by atoms with van der Waals surface area (Å²) in [5.74, 6) is -1.14. The predicted octanol–water partition coefficient (Wildman–Crippen LogP) is 5.60. The molecule has 1 unspecified atom stereocenters. The maximum Gasteiger partial charge on any atom is 0.251 e. The van der Waals surface area contributed by atoms with Gasteiger partial charge in [0.15, 0.2) is 0 Å². The van der Waals surface area contributed by atoms with E-state index in [2.05, 4.69) is 10.4 Å². The van der Waals surface area contributed by atoms with Crippen LogP contribution in [0.4, 0.5) is 4.39 Å². The number of carbonyl (C=O) groups is 2. The highest BCUT2D eigenvalue weighted by Gasteiger charge is 2.50. The Hall–Kier alpha value is -4.06. The van der Waals surface area contributed by atoms with Crippen LogP contribution in [-0.2, 0) is 15.8 Å². The van der Waals surface area contributed by atoms with Crippen LogP contribution in [0.2, 0.25) is 5.02 Å². The lowest BCUT2D eigenvalue weighted by atomic mass is 9.81.